The minimum Gasteiger partial charge on any atom is -0.409 e. The summed E-state index contributed by atoms with van der Waals surface area (Å²) in [6, 6.07) is 4.66. The van der Waals surface area contributed by atoms with Gasteiger partial charge in [0.25, 0.3) is 0 Å². The van der Waals surface area contributed by atoms with Crippen molar-refractivity contribution in [3.05, 3.63) is 29.6 Å². The van der Waals surface area contributed by atoms with Gasteiger partial charge in [-0.1, -0.05) is 5.16 Å². The van der Waals surface area contributed by atoms with E-state index in [1.165, 1.54) is 12.5 Å². The molecule has 1 saturated heterocycles. The van der Waals surface area contributed by atoms with Crippen LogP contribution >= 0.6 is 0 Å². The second-order valence-corrected chi connectivity index (χ2v) is 4.20. The van der Waals surface area contributed by atoms with Crippen LogP contribution in [0, 0.1) is 5.82 Å². The van der Waals surface area contributed by atoms with Crippen LogP contribution in [0.4, 0.5) is 10.1 Å². The molecule has 1 aliphatic rings. The number of rotatable bonds is 2. The highest BCUT2D eigenvalue weighted by Gasteiger charge is 2.15. The highest BCUT2D eigenvalue weighted by molar-refractivity contribution is 5.97. The van der Waals surface area contributed by atoms with Crippen molar-refractivity contribution in [3.63, 3.8) is 0 Å². The van der Waals surface area contributed by atoms with E-state index in [0.29, 0.717) is 11.3 Å². The van der Waals surface area contributed by atoms with Crippen LogP contribution < -0.4 is 10.6 Å². The Balaban J connectivity index is 2.24. The molecular formula is C12H16FN3O. The van der Waals surface area contributed by atoms with Gasteiger partial charge >= 0.3 is 0 Å². The van der Waals surface area contributed by atoms with Gasteiger partial charge in [-0.3, -0.25) is 0 Å². The summed E-state index contributed by atoms with van der Waals surface area (Å²) in [5.41, 5.74) is 6.40. The maximum atomic E-state index is 13.9. The number of benzene rings is 1. The average molecular weight is 237 g/mol. The van der Waals surface area contributed by atoms with Gasteiger partial charge in [0, 0.05) is 18.7 Å². The van der Waals surface area contributed by atoms with Gasteiger partial charge in [0.1, 0.15) is 5.82 Å². The minimum atomic E-state index is -0.323. The lowest BCUT2D eigenvalue weighted by Gasteiger charge is -2.29. The van der Waals surface area contributed by atoms with Crippen molar-refractivity contribution < 1.29 is 9.60 Å². The zero-order valence-corrected chi connectivity index (χ0v) is 9.56. The smallest absolute Gasteiger partial charge is 0.170 e. The van der Waals surface area contributed by atoms with Gasteiger partial charge in [-0.15, -0.1) is 0 Å². The summed E-state index contributed by atoms with van der Waals surface area (Å²) in [4.78, 5) is 2.04. The monoisotopic (exact) mass is 237 g/mol. The molecule has 17 heavy (non-hydrogen) atoms. The molecule has 0 spiro atoms. The van der Waals surface area contributed by atoms with Crippen molar-refractivity contribution in [2.75, 3.05) is 18.0 Å². The number of anilines is 1. The Hall–Kier alpha value is -1.78. The van der Waals surface area contributed by atoms with Crippen LogP contribution in [0.15, 0.2) is 23.4 Å². The summed E-state index contributed by atoms with van der Waals surface area (Å²) in [5, 5.41) is 11.4. The fourth-order valence-corrected chi connectivity index (χ4v) is 2.12. The van der Waals surface area contributed by atoms with Gasteiger partial charge in [-0.2, -0.15) is 0 Å². The lowest BCUT2D eigenvalue weighted by Crippen LogP contribution is -2.30. The van der Waals surface area contributed by atoms with Gasteiger partial charge in [-0.25, -0.2) is 4.39 Å². The summed E-state index contributed by atoms with van der Waals surface area (Å²) in [6.45, 7) is 1.78. The summed E-state index contributed by atoms with van der Waals surface area (Å²) in [7, 11) is 0. The first-order chi connectivity index (χ1) is 8.22. The molecule has 0 aromatic heterocycles. The summed E-state index contributed by atoms with van der Waals surface area (Å²) in [6.07, 6.45) is 3.41. The van der Waals surface area contributed by atoms with Crippen LogP contribution in [-0.2, 0) is 0 Å². The van der Waals surface area contributed by atoms with Crippen LogP contribution in [0.1, 0.15) is 24.8 Å². The molecule has 0 unspecified atom stereocenters. The van der Waals surface area contributed by atoms with E-state index in [4.69, 9.17) is 10.9 Å². The first kappa shape index (κ1) is 11.7. The zero-order valence-electron chi connectivity index (χ0n) is 9.56. The van der Waals surface area contributed by atoms with Gasteiger partial charge in [0.05, 0.1) is 5.69 Å². The van der Waals surface area contributed by atoms with E-state index in [1.54, 1.807) is 12.1 Å². The average Bonchev–Trinajstić information content (AvgIpc) is 2.38. The number of nitrogens with two attached hydrogens (primary N) is 1. The van der Waals surface area contributed by atoms with Crippen molar-refractivity contribution in [2.45, 2.75) is 19.3 Å². The van der Waals surface area contributed by atoms with Gasteiger partial charge in [-0.05, 0) is 37.5 Å². The minimum absolute atomic E-state index is 0.0749. The Morgan fingerprint density at radius 3 is 2.59 bits per heavy atom. The number of nitrogens with zero attached hydrogens (tertiary/aromatic N) is 2. The molecule has 4 nitrogen and oxygen atoms in total. The number of piperidine rings is 1. The number of halogens is 1. The standard InChI is InChI=1S/C12H16FN3O/c13-10-8-9(12(14)15-17)4-5-11(10)16-6-2-1-3-7-16/h4-5,8,17H,1-3,6-7H2,(H2,14,15). The Morgan fingerprint density at radius 1 is 1.29 bits per heavy atom. The van der Waals surface area contributed by atoms with E-state index in [2.05, 4.69) is 5.16 Å². The molecule has 1 aliphatic heterocycles. The van der Waals surface area contributed by atoms with Crippen LogP contribution in [-0.4, -0.2) is 24.1 Å². The molecule has 2 rings (SSSR count). The Labute approximate surface area is 99.5 Å². The molecule has 0 amide bonds. The van der Waals surface area contributed by atoms with E-state index in [9.17, 15) is 4.39 Å². The van der Waals surface area contributed by atoms with Crippen molar-refractivity contribution in [2.24, 2.45) is 10.9 Å². The Kier molecular flexibility index (Phi) is 3.46. The fraction of sp³-hybridized carbons (Fsp3) is 0.417. The van der Waals surface area contributed by atoms with Crippen LogP contribution in [0.5, 0.6) is 0 Å². The lowest BCUT2D eigenvalue weighted by molar-refractivity contribution is 0.318. The van der Waals surface area contributed by atoms with Gasteiger partial charge in [0.2, 0.25) is 0 Å². The van der Waals surface area contributed by atoms with E-state index in [1.807, 2.05) is 4.90 Å². The molecule has 1 heterocycles. The van der Waals surface area contributed by atoms with Crippen molar-refractivity contribution in [3.8, 4) is 0 Å². The molecule has 0 radical (unpaired) electrons. The largest absolute Gasteiger partial charge is 0.409 e. The molecule has 0 atom stereocenters. The molecule has 1 aromatic rings. The van der Waals surface area contributed by atoms with Crippen molar-refractivity contribution >= 4 is 11.5 Å². The number of hydrogen-bond acceptors (Lipinski definition) is 3. The Morgan fingerprint density at radius 2 is 2.00 bits per heavy atom. The lowest BCUT2D eigenvalue weighted by atomic mass is 10.1. The maximum Gasteiger partial charge on any atom is 0.170 e. The van der Waals surface area contributed by atoms with E-state index in [0.717, 1.165) is 25.9 Å². The molecule has 0 saturated carbocycles. The second-order valence-electron chi connectivity index (χ2n) is 4.20. The number of oxime groups is 1. The van der Waals surface area contributed by atoms with Crippen LogP contribution in [0.2, 0.25) is 0 Å². The number of hydrogen-bond donors (Lipinski definition) is 2. The molecule has 3 N–H and O–H groups in total. The van der Waals surface area contributed by atoms with Crippen molar-refractivity contribution in [1.82, 2.24) is 0 Å². The van der Waals surface area contributed by atoms with E-state index >= 15 is 0 Å². The second kappa shape index (κ2) is 5.03. The molecule has 0 aliphatic carbocycles. The van der Waals surface area contributed by atoms with Crippen LogP contribution in [0.3, 0.4) is 0 Å². The third-order valence-electron chi connectivity index (χ3n) is 3.05. The molecular weight excluding hydrogens is 221 g/mol. The fourth-order valence-electron chi connectivity index (χ4n) is 2.12. The first-order valence-corrected chi connectivity index (χ1v) is 5.75. The molecule has 92 valence electrons. The molecule has 5 heteroatoms. The Bertz CT molecular complexity index is 428. The number of amidine groups is 1. The molecule has 0 bridgehead atoms. The van der Waals surface area contributed by atoms with Gasteiger partial charge in [0.15, 0.2) is 5.84 Å². The predicted molar refractivity (Wildman–Crippen MR) is 65.0 cm³/mol. The first-order valence-electron chi connectivity index (χ1n) is 5.75. The van der Waals surface area contributed by atoms with Crippen LogP contribution in [0.25, 0.3) is 0 Å². The van der Waals surface area contributed by atoms with Crippen molar-refractivity contribution in [1.29, 1.82) is 0 Å². The summed E-state index contributed by atoms with van der Waals surface area (Å²) < 4.78 is 13.9. The summed E-state index contributed by atoms with van der Waals surface area (Å²) >= 11 is 0. The maximum absolute atomic E-state index is 13.9. The highest BCUT2D eigenvalue weighted by Crippen LogP contribution is 2.23. The third kappa shape index (κ3) is 2.49. The topological polar surface area (TPSA) is 61.9 Å². The van der Waals surface area contributed by atoms with E-state index in [-0.39, 0.29) is 11.7 Å². The summed E-state index contributed by atoms with van der Waals surface area (Å²) in [5.74, 6) is -0.398. The SMILES string of the molecule is N/C(=N\O)c1ccc(N2CCCCC2)c(F)c1. The highest BCUT2D eigenvalue weighted by atomic mass is 19.1. The molecule has 1 fully saturated rings. The van der Waals surface area contributed by atoms with Gasteiger partial charge < -0.3 is 15.8 Å². The third-order valence-corrected chi connectivity index (χ3v) is 3.05. The predicted octanol–water partition coefficient (Wildman–Crippen LogP) is 1.91. The molecule has 1 aromatic carbocycles. The van der Waals surface area contributed by atoms with E-state index < -0.39 is 0 Å². The normalized spacial score (nSPS) is 17.2. The zero-order chi connectivity index (χ0) is 12.3. The quantitative estimate of drug-likeness (QED) is 0.357.